The van der Waals surface area contributed by atoms with Gasteiger partial charge in [-0.15, -0.1) is 22.7 Å². The number of hydrogen-bond acceptors (Lipinski definition) is 11. The van der Waals surface area contributed by atoms with Gasteiger partial charge in [0.05, 0.1) is 30.1 Å². The molecule has 3 amide bonds. The van der Waals surface area contributed by atoms with E-state index >= 15 is 0 Å². The van der Waals surface area contributed by atoms with Crippen molar-refractivity contribution in [2.45, 2.75) is 112 Å². The topological polar surface area (TPSA) is 126 Å². The Bertz CT molecular complexity index is 1240. The van der Waals surface area contributed by atoms with Gasteiger partial charge in [0, 0.05) is 37.9 Å². The summed E-state index contributed by atoms with van der Waals surface area (Å²) >= 11 is 2.92. The first-order valence-electron chi connectivity index (χ1n) is 14.6. The zero-order valence-corrected chi connectivity index (χ0v) is 28.4. The summed E-state index contributed by atoms with van der Waals surface area (Å²) in [5.41, 5.74) is 0.761. The summed E-state index contributed by atoms with van der Waals surface area (Å²) < 4.78 is 15.9. The molecule has 2 aromatic heterocycles. The minimum atomic E-state index is -0.526. The Morgan fingerprint density at radius 3 is 1.78 bits per heavy atom. The van der Waals surface area contributed by atoms with Gasteiger partial charge in [-0.3, -0.25) is 14.7 Å². The van der Waals surface area contributed by atoms with Crippen molar-refractivity contribution >= 4 is 51.2 Å². The van der Waals surface area contributed by atoms with E-state index in [1.807, 2.05) is 59.4 Å². The van der Waals surface area contributed by atoms with Gasteiger partial charge >= 0.3 is 18.3 Å². The van der Waals surface area contributed by atoms with Crippen molar-refractivity contribution in [1.82, 2.24) is 19.8 Å². The number of anilines is 2. The van der Waals surface area contributed by atoms with E-state index in [4.69, 9.17) is 14.2 Å². The van der Waals surface area contributed by atoms with E-state index in [2.05, 4.69) is 15.3 Å². The van der Waals surface area contributed by atoms with Crippen LogP contribution in [0.15, 0.2) is 10.8 Å². The monoisotopic (exact) mass is 670 g/mol. The first-order valence-corrected chi connectivity index (χ1v) is 16.4. The Kier molecular flexibility index (Phi) is 15.0. The molecular weight excluding hydrogens is 617 g/mol. The third kappa shape index (κ3) is 11.3. The summed E-state index contributed by atoms with van der Waals surface area (Å²) in [6, 6.07) is -0.0614. The van der Waals surface area contributed by atoms with Crippen LogP contribution in [0.5, 0.6) is 0 Å². The maximum atomic E-state index is 12.4. The van der Waals surface area contributed by atoms with Crippen LogP contribution in [0, 0.1) is 0 Å². The molecule has 0 spiro atoms. The first-order chi connectivity index (χ1) is 20.1. The van der Waals surface area contributed by atoms with Crippen molar-refractivity contribution in [3.8, 4) is 0 Å². The summed E-state index contributed by atoms with van der Waals surface area (Å²) in [4.78, 5) is 50.3. The number of thiazole rings is 2. The molecule has 2 saturated heterocycles. The van der Waals surface area contributed by atoms with Gasteiger partial charge in [0.15, 0.2) is 10.3 Å². The lowest BCUT2D eigenvalue weighted by atomic mass is 10.2. The van der Waals surface area contributed by atoms with Crippen molar-refractivity contribution in [2.24, 2.45) is 0 Å². The van der Waals surface area contributed by atoms with Gasteiger partial charge in [-0.2, -0.15) is 0 Å². The highest BCUT2D eigenvalue weighted by molar-refractivity contribution is 7.14. The van der Waals surface area contributed by atoms with Crippen LogP contribution in [-0.4, -0.2) is 83.0 Å². The van der Waals surface area contributed by atoms with Crippen LogP contribution in [0.2, 0.25) is 0 Å². The molecule has 256 valence electrons. The normalized spacial score (nSPS) is 17.7. The Morgan fingerprint density at radius 2 is 1.36 bits per heavy atom. The van der Waals surface area contributed by atoms with E-state index in [9.17, 15) is 14.4 Å². The van der Waals surface area contributed by atoms with Crippen LogP contribution < -0.4 is 10.2 Å². The molecule has 14 heteroatoms. The molecule has 4 heterocycles. The average Bonchev–Trinajstić information content (AvgIpc) is 3.72. The molecule has 0 aromatic carbocycles. The number of carbonyl (C=O) groups excluding carboxylic acids is 3. The average molecular weight is 671 g/mol. The van der Waals surface area contributed by atoms with Crippen LogP contribution in [0.3, 0.4) is 0 Å². The molecule has 2 aliphatic rings. The second kappa shape index (κ2) is 17.0. The lowest BCUT2D eigenvalue weighted by Gasteiger charge is -2.27. The zero-order chi connectivity index (χ0) is 31.9. The number of nitrogens with one attached hydrogen (secondary N) is 1. The highest BCUT2D eigenvalue weighted by Gasteiger charge is 2.36. The maximum Gasteiger partial charge on any atom is 0.415 e. The number of carbonyl (C=O) groups is 3. The largest absolute Gasteiger partial charge is 0.449 e. The second-order valence-electron chi connectivity index (χ2n) is 12.3. The van der Waals surface area contributed by atoms with E-state index in [1.165, 1.54) is 16.2 Å². The highest BCUT2D eigenvalue weighted by atomic mass is 32.1. The van der Waals surface area contributed by atoms with Gasteiger partial charge in [0.2, 0.25) is 0 Å². The first kappa shape index (κ1) is 39.9. The fourth-order valence-corrected chi connectivity index (χ4v) is 6.21. The van der Waals surface area contributed by atoms with Crippen molar-refractivity contribution < 1.29 is 28.6 Å². The van der Waals surface area contributed by atoms with Crippen molar-refractivity contribution in [3.63, 3.8) is 0 Å². The van der Waals surface area contributed by atoms with Crippen LogP contribution >= 0.6 is 22.7 Å². The molecule has 0 radical (unpaired) electrons. The summed E-state index contributed by atoms with van der Waals surface area (Å²) in [7, 11) is 3.48. The van der Waals surface area contributed by atoms with Gasteiger partial charge in [-0.05, 0) is 74.1 Å². The Labute approximate surface area is 277 Å². The molecule has 2 aliphatic heterocycles. The van der Waals surface area contributed by atoms with Gasteiger partial charge in [0.1, 0.15) is 11.2 Å². The lowest BCUT2D eigenvalue weighted by Crippen LogP contribution is -2.36. The number of hydrogen-bond donors (Lipinski definition) is 1. The molecule has 12 nitrogen and oxygen atoms in total. The Balaban J connectivity index is 0.000000441. The Hall–Kier alpha value is -3.13. The minimum Gasteiger partial charge on any atom is -0.449 e. The molecule has 4 rings (SSSR count). The van der Waals surface area contributed by atoms with Crippen LogP contribution in [-0.2, 0) is 14.2 Å². The molecule has 45 heavy (non-hydrogen) atoms. The van der Waals surface area contributed by atoms with Gasteiger partial charge < -0.3 is 19.5 Å². The molecule has 0 unspecified atom stereocenters. The molecule has 2 fully saturated rings. The molecule has 1 N–H and O–H groups in total. The summed E-state index contributed by atoms with van der Waals surface area (Å²) in [6.45, 7) is 14.7. The highest BCUT2D eigenvalue weighted by Crippen LogP contribution is 2.36. The standard InChI is InChI=1S/C16H25N3O4S.C13H21N3O2S.2CH4/c1-6-22-14(20)18(5)13-17-11(10-24-13)12-8-7-9-19(12)15(21)23-16(2,3)4;1-13(2,3)18-12(17)16-7-5-6-10(16)9-8-19-11(14-4)15-9;;/h10,12H,6-9H2,1-5H3;8,10H,5-7H2,1-4H3,(H,14,15);2*1H4/t12-;10-;;/m11../s1. The van der Waals surface area contributed by atoms with Crippen LogP contribution in [0.4, 0.5) is 24.6 Å². The number of aromatic nitrogens is 2. The summed E-state index contributed by atoms with van der Waals surface area (Å²) in [6.07, 6.45) is 2.69. The predicted octanol–water partition coefficient (Wildman–Crippen LogP) is 8.34. The zero-order valence-electron chi connectivity index (χ0n) is 26.8. The fourth-order valence-electron chi connectivity index (χ4n) is 4.66. The number of amides is 3. The summed E-state index contributed by atoms with van der Waals surface area (Å²) in [5.74, 6) is 0. The number of likely N-dealkylation sites (tertiary alicyclic amines) is 2. The predicted molar refractivity (Wildman–Crippen MR) is 182 cm³/mol. The van der Waals surface area contributed by atoms with Gasteiger partial charge in [-0.1, -0.05) is 14.9 Å². The van der Waals surface area contributed by atoms with Crippen molar-refractivity contribution in [3.05, 3.63) is 22.1 Å². The smallest absolute Gasteiger partial charge is 0.415 e. The van der Waals surface area contributed by atoms with Crippen LogP contribution in [0.1, 0.15) is 112 Å². The van der Waals surface area contributed by atoms with E-state index in [0.717, 1.165) is 48.7 Å². The van der Waals surface area contributed by atoms with E-state index in [-0.39, 0.29) is 39.1 Å². The molecule has 2 atom stereocenters. The number of ether oxygens (including phenoxy) is 3. The SMILES string of the molecule is C.C.CCOC(=O)N(C)c1nc([C@H]2CCCN2C(=O)OC(C)(C)C)cs1.CNc1nc([C@H]2CCCN2C(=O)OC(C)(C)C)cs1. The lowest BCUT2D eigenvalue weighted by molar-refractivity contribution is 0.0211. The third-order valence-electron chi connectivity index (χ3n) is 6.52. The van der Waals surface area contributed by atoms with Crippen molar-refractivity contribution in [1.29, 1.82) is 0 Å². The van der Waals surface area contributed by atoms with Gasteiger partial charge in [-0.25, -0.2) is 24.4 Å². The molecule has 0 saturated carbocycles. The molecule has 2 aromatic rings. The molecular formula is C31H54N6O6S2. The quantitative estimate of drug-likeness (QED) is 0.312. The van der Waals surface area contributed by atoms with E-state index in [0.29, 0.717) is 18.3 Å². The maximum absolute atomic E-state index is 12.4. The third-order valence-corrected chi connectivity index (χ3v) is 8.33. The van der Waals surface area contributed by atoms with E-state index < -0.39 is 17.3 Å². The molecule has 0 bridgehead atoms. The van der Waals surface area contributed by atoms with E-state index in [1.54, 1.807) is 35.1 Å². The summed E-state index contributed by atoms with van der Waals surface area (Å²) in [5, 5.41) is 8.36. The minimum absolute atomic E-state index is 0. The second-order valence-corrected chi connectivity index (χ2v) is 14.0. The number of rotatable bonds is 5. The van der Waals surface area contributed by atoms with Crippen LogP contribution in [0.25, 0.3) is 0 Å². The van der Waals surface area contributed by atoms with Crippen molar-refractivity contribution in [2.75, 3.05) is 44.0 Å². The number of nitrogens with zero attached hydrogens (tertiary/aromatic N) is 5. The van der Waals surface area contributed by atoms with Gasteiger partial charge in [0.25, 0.3) is 0 Å². The fraction of sp³-hybridized carbons (Fsp3) is 0.710. The Morgan fingerprint density at radius 1 is 0.889 bits per heavy atom. The molecule has 0 aliphatic carbocycles.